The van der Waals surface area contributed by atoms with Crippen LogP contribution in [0.4, 0.5) is 0 Å². The zero-order valence-corrected chi connectivity index (χ0v) is 16.9. The maximum Gasteiger partial charge on any atom is 0.145 e. The van der Waals surface area contributed by atoms with E-state index < -0.39 is 0 Å². The third kappa shape index (κ3) is 4.86. The fraction of sp³-hybridized carbons (Fsp3) is 0.174. The molecule has 0 amide bonds. The molecule has 2 atom stereocenters. The lowest BCUT2D eigenvalue weighted by atomic mass is 9.95. The highest BCUT2D eigenvalue weighted by Gasteiger charge is 2.30. The minimum Gasteiger partial charge on any atom is -0.484 e. The number of halogens is 2. The number of hydrogen-bond acceptors (Lipinski definition) is 3. The molecule has 0 fully saturated rings. The number of aliphatic imine (C=N–C) groups is 1. The van der Waals surface area contributed by atoms with Crippen molar-refractivity contribution >= 4 is 29.8 Å². The zero-order valence-electron chi connectivity index (χ0n) is 15.3. The largest absolute Gasteiger partial charge is 0.484 e. The van der Waals surface area contributed by atoms with Crippen LogP contribution in [-0.4, -0.2) is 18.5 Å². The molecule has 0 saturated heterocycles. The van der Waals surface area contributed by atoms with E-state index in [-0.39, 0.29) is 24.5 Å². The average molecular weight is 413 g/mol. The molecule has 5 heteroatoms. The lowest BCUT2D eigenvalue weighted by molar-refractivity contribution is 0.372. The van der Waals surface area contributed by atoms with Gasteiger partial charge in [-0.2, -0.15) is 0 Å². The van der Waals surface area contributed by atoms with Gasteiger partial charge in [0.25, 0.3) is 0 Å². The maximum atomic E-state index is 6.18. The van der Waals surface area contributed by atoms with Gasteiger partial charge in [0.2, 0.25) is 0 Å². The van der Waals surface area contributed by atoms with E-state index in [2.05, 4.69) is 53.8 Å². The van der Waals surface area contributed by atoms with E-state index in [4.69, 9.17) is 21.3 Å². The minimum absolute atomic E-state index is 0. The third-order valence-electron chi connectivity index (χ3n) is 4.67. The topological polar surface area (TPSA) is 33.6 Å². The van der Waals surface area contributed by atoms with Gasteiger partial charge in [-0.15, -0.1) is 12.4 Å². The fourth-order valence-corrected chi connectivity index (χ4v) is 3.55. The first kappa shape index (κ1) is 20.2. The number of para-hydroxylation sites is 1. The molecular weight excluding hydrogens is 391 g/mol. The molecule has 3 nitrogen and oxygen atoms in total. The predicted octanol–water partition coefficient (Wildman–Crippen LogP) is 5.49. The van der Waals surface area contributed by atoms with Gasteiger partial charge >= 0.3 is 0 Å². The highest BCUT2D eigenvalue weighted by atomic mass is 35.5. The van der Waals surface area contributed by atoms with Crippen molar-refractivity contribution in [3.8, 4) is 5.75 Å². The normalized spacial score (nSPS) is 18.0. The Hall–Kier alpha value is -2.49. The van der Waals surface area contributed by atoms with Gasteiger partial charge in [-0.3, -0.25) is 4.99 Å². The summed E-state index contributed by atoms with van der Waals surface area (Å²) in [5.41, 5.74) is 2.50. The second-order valence-electron chi connectivity index (χ2n) is 6.59. The quantitative estimate of drug-likeness (QED) is 0.580. The summed E-state index contributed by atoms with van der Waals surface area (Å²) in [6.07, 6.45) is 0.902. The SMILES string of the molecule is Cl.Clc1ccccc1OCC1=NC(c2ccccc2)C(Cc2ccccc2)N1. The molecule has 0 aliphatic carbocycles. The van der Waals surface area contributed by atoms with Crippen LogP contribution in [0.2, 0.25) is 5.02 Å². The number of benzene rings is 3. The van der Waals surface area contributed by atoms with Crippen molar-refractivity contribution < 1.29 is 4.74 Å². The molecule has 0 radical (unpaired) electrons. The molecule has 28 heavy (non-hydrogen) atoms. The van der Waals surface area contributed by atoms with Gasteiger partial charge in [0.05, 0.1) is 17.1 Å². The van der Waals surface area contributed by atoms with Crippen LogP contribution in [0.3, 0.4) is 0 Å². The second kappa shape index (κ2) is 9.63. The van der Waals surface area contributed by atoms with Gasteiger partial charge in [0.15, 0.2) is 0 Å². The molecule has 4 rings (SSSR count). The van der Waals surface area contributed by atoms with Crippen LogP contribution in [0.25, 0.3) is 0 Å². The number of hydrogen-bond donors (Lipinski definition) is 1. The first-order valence-electron chi connectivity index (χ1n) is 9.09. The van der Waals surface area contributed by atoms with E-state index in [1.807, 2.05) is 36.4 Å². The molecule has 0 aromatic heterocycles. The number of ether oxygens (including phenoxy) is 1. The Kier molecular flexibility index (Phi) is 6.96. The van der Waals surface area contributed by atoms with E-state index in [0.29, 0.717) is 17.4 Å². The van der Waals surface area contributed by atoms with Gasteiger partial charge in [0.1, 0.15) is 18.2 Å². The average Bonchev–Trinajstić information content (AvgIpc) is 3.11. The fourth-order valence-electron chi connectivity index (χ4n) is 3.36. The Balaban J connectivity index is 0.00000225. The molecular formula is C23H22Cl2N2O. The summed E-state index contributed by atoms with van der Waals surface area (Å²) in [5.74, 6) is 1.52. The first-order valence-corrected chi connectivity index (χ1v) is 9.47. The summed E-state index contributed by atoms with van der Waals surface area (Å²) in [7, 11) is 0. The summed E-state index contributed by atoms with van der Waals surface area (Å²) < 4.78 is 5.88. The van der Waals surface area contributed by atoms with Crippen LogP contribution >= 0.6 is 24.0 Å². The lowest BCUT2D eigenvalue weighted by Gasteiger charge is -2.19. The maximum absolute atomic E-state index is 6.18. The number of nitrogens with one attached hydrogen (secondary N) is 1. The van der Waals surface area contributed by atoms with Crippen molar-refractivity contribution in [2.24, 2.45) is 4.99 Å². The zero-order chi connectivity index (χ0) is 18.5. The summed E-state index contributed by atoms with van der Waals surface area (Å²) in [6.45, 7) is 0.373. The molecule has 1 aliphatic rings. The molecule has 1 N–H and O–H groups in total. The summed E-state index contributed by atoms with van der Waals surface area (Å²) in [4.78, 5) is 4.92. The van der Waals surface area contributed by atoms with Crippen molar-refractivity contribution in [1.29, 1.82) is 0 Å². The van der Waals surface area contributed by atoms with Crippen LogP contribution in [-0.2, 0) is 6.42 Å². The van der Waals surface area contributed by atoms with Gasteiger partial charge in [0, 0.05) is 0 Å². The molecule has 0 spiro atoms. The van der Waals surface area contributed by atoms with Crippen molar-refractivity contribution in [2.75, 3.05) is 6.61 Å². The van der Waals surface area contributed by atoms with E-state index in [1.54, 1.807) is 0 Å². The Bertz CT molecular complexity index is 916. The van der Waals surface area contributed by atoms with Crippen molar-refractivity contribution in [3.05, 3.63) is 101 Å². The van der Waals surface area contributed by atoms with E-state index in [0.717, 1.165) is 12.3 Å². The summed E-state index contributed by atoms with van der Waals surface area (Å²) in [6, 6.07) is 28.7. The predicted molar refractivity (Wildman–Crippen MR) is 118 cm³/mol. The smallest absolute Gasteiger partial charge is 0.145 e. The first-order chi connectivity index (χ1) is 13.3. The van der Waals surface area contributed by atoms with E-state index >= 15 is 0 Å². The van der Waals surface area contributed by atoms with Crippen LogP contribution in [0.15, 0.2) is 89.9 Å². The standard InChI is InChI=1S/C23H21ClN2O.ClH/c24-19-13-7-8-14-21(19)27-16-22-25-20(15-17-9-3-1-4-10-17)23(26-22)18-11-5-2-6-12-18;/h1-14,20,23H,15-16H2,(H,25,26);1H. The Labute approximate surface area is 176 Å². The number of rotatable bonds is 6. The molecule has 1 heterocycles. The van der Waals surface area contributed by atoms with Gasteiger partial charge in [-0.1, -0.05) is 84.4 Å². The summed E-state index contributed by atoms with van der Waals surface area (Å²) in [5, 5.41) is 4.17. The molecule has 144 valence electrons. The number of amidine groups is 1. The molecule has 3 aromatic rings. The Morgan fingerprint density at radius 2 is 1.50 bits per heavy atom. The third-order valence-corrected chi connectivity index (χ3v) is 4.98. The van der Waals surface area contributed by atoms with E-state index in [1.165, 1.54) is 11.1 Å². The molecule has 0 saturated carbocycles. The van der Waals surface area contributed by atoms with Crippen LogP contribution in [0.5, 0.6) is 5.75 Å². The summed E-state index contributed by atoms with van der Waals surface area (Å²) >= 11 is 6.18. The Morgan fingerprint density at radius 1 is 0.857 bits per heavy atom. The molecule has 1 aliphatic heterocycles. The Morgan fingerprint density at radius 3 is 2.21 bits per heavy atom. The van der Waals surface area contributed by atoms with Crippen molar-refractivity contribution in [3.63, 3.8) is 0 Å². The van der Waals surface area contributed by atoms with Crippen molar-refractivity contribution in [2.45, 2.75) is 18.5 Å². The van der Waals surface area contributed by atoms with Crippen LogP contribution in [0, 0.1) is 0 Å². The molecule has 0 bridgehead atoms. The second-order valence-corrected chi connectivity index (χ2v) is 7.00. The molecule has 3 aromatic carbocycles. The minimum atomic E-state index is 0. The van der Waals surface area contributed by atoms with Gasteiger partial charge < -0.3 is 10.1 Å². The van der Waals surface area contributed by atoms with Crippen LogP contribution < -0.4 is 10.1 Å². The lowest BCUT2D eigenvalue weighted by Crippen LogP contribution is -2.35. The monoisotopic (exact) mass is 412 g/mol. The van der Waals surface area contributed by atoms with E-state index in [9.17, 15) is 0 Å². The number of nitrogens with zero attached hydrogens (tertiary/aromatic N) is 1. The highest BCUT2D eigenvalue weighted by molar-refractivity contribution is 6.32. The van der Waals surface area contributed by atoms with Gasteiger partial charge in [-0.25, -0.2) is 0 Å². The highest BCUT2D eigenvalue weighted by Crippen LogP contribution is 2.28. The molecule has 2 unspecified atom stereocenters. The van der Waals surface area contributed by atoms with Crippen LogP contribution in [0.1, 0.15) is 17.2 Å². The van der Waals surface area contributed by atoms with Gasteiger partial charge in [-0.05, 0) is 29.7 Å². The van der Waals surface area contributed by atoms with Crippen molar-refractivity contribution in [1.82, 2.24) is 5.32 Å².